The topological polar surface area (TPSA) is 52.6 Å². The van der Waals surface area contributed by atoms with Crippen molar-refractivity contribution < 1.29 is 23.5 Å². The SMILES string of the molecule is [CH]COC(=O)CCC(C(=O)OC[CH])[N+](C)(C)C. The van der Waals surface area contributed by atoms with Crippen LogP contribution in [-0.4, -0.2) is 56.8 Å². The zero-order chi connectivity index (χ0) is 13.5. The van der Waals surface area contributed by atoms with E-state index in [0.29, 0.717) is 10.9 Å². The average Bonchev–Trinajstić information content (AvgIpc) is 2.16. The maximum absolute atomic E-state index is 11.7. The highest BCUT2D eigenvalue weighted by Crippen LogP contribution is 2.12. The molecule has 5 heteroatoms. The largest absolute Gasteiger partial charge is 0.465 e. The first-order chi connectivity index (χ1) is 7.82. The summed E-state index contributed by atoms with van der Waals surface area (Å²) in [5, 5.41) is 0. The van der Waals surface area contributed by atoms with Gasteiger partial charge < -0.3 is 14.0 Å². The lowest BCUT2D eigenvalue weighted by molar-refractivity contribution is -0.887. The summed E-state index contributed by atoms with van der Waals surface area (Å²) in [6, 6.07) is -0.455. The maximum atomic E-state index is 11.7. The molecule has 4 radical (unpaired) electrons. The van der Waals surface area contributed by atoms with E-state index in [0.717, 1.165) is 0 Å². The molecule has 0 aromatic heterocycles. The third-order valence-electron chi connectivity index (χ3n) is 2.30. The highest BCUT2D eigenvalue weighted by molar-refractivity contribution is 5.76. The number of carbonyl (C=O) groups excluding carboxylic acids is 2. The van der Waals surface area contributed by atoms with Crippen LogP contribution in [0.3, 0.4) is 0 Å². The van der Waals surface area contributed by atoms with E-state index in [1.54, 1.807) is 0 Å². The Morgan fingerprint density at radius 1 is 1.12 bits per heavy atom. The molecule has 0 heterocycles. The fourth-order valence-corrected chi connectivity index (χ4v) is 1.42. The molecule has 0 N–H and O–H groups in total. The van der Waals surface area contributed by atoms with Gasteiger partial charge in [0.1, 0.15) is 0 Å². The number of esters is 2. The Kier molecular flexibility index (Phi) is 6.80. The van der Waals surface area contributed by atoms with Crippen molar-refractivity contribution in [3.05, 3.63) is 13.8 Å². The van der Waals surface area contributed by atoms with Gasteiger partial charge >= 0.3 is 11.9 Å². The molecule has 0 aromatic carbocycles. The Balaban J connectivity index is 4.41. The molecule has 5 nitrogen and oxygen atoms in total. The van der Waals surface area contributed by atoms with Crippen LogP contribution in [0.4, 0.5) is 0 Å². The van der Waals surface area contributed by atoms with Gasteiger partial charge in [0, 0.05) is 20.3 Å². The Labute approximate surface area is 103 Å². The molecule has 0 fully saturated rings. The van der Waals surface area contributed by atoms with Gasteiger partial charge in [-0.1, -0.05) is 0 Å². The van der Waals surface area contributed by atoms with Crippen molar-refractivity contribution >= 4 is 11.9 Å². The predicted molar refractivity (Wildman–Crippen MR) is 61.6 cm³/mol. The van der Waals surface area contributed by atoms with E-state index in [1.807, 2.05) is 21.1 Å². The van der Waals surface area contributed by atoms with Crippen LogP contribution in [0.25, 0.3) is 0 Å². The third-order valence-corrected chi connectivity index (χ3v) is 2.30. The van der Waals surface area contributed by atoms with Crippen molar-refractivity contribution in [1.82, 2.24) is 0 Å². The highest BCUT2D eigenvalue weighted by atomic mass is 16.5. The summed E-state index contributed by atoms with van der Waals surface area (Å²) in [6.45, 7) is 9.91. The minimum Gasteiger partial charge on any atom is -0.465 e. The van der Waals surface area contributed by atoms with Crippen LogP contribution < -0.4 is 0 Å². The van der Waals surface area contributed by atoms with E-state index in [1.165, 1.54) is 0 Å². The minimum atomic E-state index is -0.455. The van der Waals surface area contributed by atoms with Crippen molar-refractivity contribution in [1.29, 1.82) is 0 Å². The van der Waals surface area contributed by atoms with Gasteiger partial charge in [-0.15, -0.1) is 0 Å². The highest BCUT2D eigenvalue weighted by Gasteiger charge is 2.33. The molecule has 0 aliphatic carbocycles. The molecule has 96 valence electrons. The maximum Gasteiger partial charge on any atom is 0.364 e. The molecule has 1 atom stereocenters. The molecule has 17 heavy (non-hydrogen) atoms. The molecular formula is C12H20NO4+. The molecule has 0 bridgehead atoms. The van der Waals surface area contributed by atoms with E-state index < -0.39 is 18.0 Å². The van der Waals surface area contributed by atoms with Crippen LogP contribution in [0.5, 0.6) is 0 Å². The van der Waals surface area contributed by atoms with Gasteiger partial charge in [-0.25, -0.2) is 4.79 Å². The number of rotatable bonds is 7. The summed E-state index contributed by atoms with van der Waals surface area (Å²) < 4.78 is 9.72. The minimum absolute atomic E-state index is 0.122. The van der Waals surface area contributed by atoms with E-state index in [2.05, 4.69) is 4.74 Å². The molecule has 0 aliphatic heterocycles. The fourth-order valence-electron chi connectivity index (χ4n) is 1.42. The van der Waals surface area contributed by atoms with Crippen molar-refractivity contribution in [3.8, 4) is 0 Å². The van der Waals surface area contributed by atoms with Crippen molar-refractivity contribution in [2.75, 3.05) is 34.4 Å². The van der Waals surface area contributed by atoms with E-state index >= 15 is 0 Å². The normalized spacial score (nSPS) is 13.0. The quantitative estimate of drug-likeness (QED) is 0.477. The summed E-state index contributed by atoms with van der Waals surface area (Å²) in [4.78, 5) is 22.8. The molecule has 0 aromatic rings. The molecule has 0 aliphatic rings. The van der Waals surface area contributed by atoms with E-state index in [-0.39, 0.29) is 19.6 Å². The van der Waals surface area contributed by atoms with E-state index in [4.69, 9.17) is 18.6 Å². The fraction of sp³-hybridized carbons (Fsp3) is 0.667. The van der Waals surface area contributed by atoms with Gasteiger partial charge in [-0.05, 0) is 0 Å². The number of hydrogen-bond acceptors (Lipinski definition) is 4. The van der Waals surface area contributed by atoms with Crippen LogP contribution in [0.15, 0.2) is 0 Å². The Hall–Kier alpha value is -1.10. The zero-order valence-electron chi connectivity index (χ0n) is 10.6. The van der Waals surface area contributed by atoms with Crippen molar-refractivity contribution in [2.45, 2.75) is 18.9 Å². The Morgan fingerprint density at radius 3 is 2.06 bits per heavy atom. The summed E-state index contributed by atoms with van der Waals surface area (Å²) in [6.07, 6.45) is 0.457. The second-order valence-electron chi connectivity index (χ2n) is 4.48. The van der Waals surface area contributed by atoms with Crippen molar-refractivity contribution in [2.24, 2.45) is 0 Å². The number of ether oxygens (including phenoxy) is 2. The predicted octanol–water partition coefficient (Wildman–Crippen LogP) is 0.350. The van der Waals surface area contributed by atoms with Gasteiger partial charge in [-0.3, -0.25) is 4.79 Å². The molecule has 0 saturated heterocycles. The number of hydrogen-bond donors (Lipinski definition) is 0. The van der Waals surface area contributed by atoms with Gasteiger partial charge in [-0.2, -0.15) is 0 Å². The van der Waals surface area contributed by atoms with Crippen LogP contribution in [0.1, 0.15) is 12.8 Å². The van der Waals surface area contributed by atoms with Crippen molar-refractivity contribution in [3.63, 3.8) is 0 Å². The second kappa shape index (κ2) is 7.27. The molecule has 0 rings (SSSR count). The lowest BCUT2D eigenvalue weighted by Crippen LogP contribution is -2.50. The first-order valence-corrected chi connectivity index (χ1v) is 5.36. The first kappa shape index (κ1) is 15.9. The third kappa shape index (κ3) is 6.26. The van der Waals surface area contributed by atoms with E-state index in [9.17, 15) is 9.59 Å². The lowest BCUT2D eigenvalue weighted by atomic mass is 10.1. The summed E-state index contributed by atoms with van der Waals surface area (Å²) in [5.74, 6) is -0.841. The lowest BCUT2D eigenvalue weighted by Gasteiger charge is -2.32. The number of carbonyl (C=O) groups is 2. The zero-order valence-corrected chi connectivity index (χ0v) is 10.6. The van der Waals surface area contributed by atoms with Gasteiger partial charge in [0.25, 0.3) is 0 Å². The number of nitrogens with zero attached hydrogens (tertiary/aromatic N) is 1. The first-order valence-electron chi connectivity index (χ1n) is 5.36. The number of quaternary nitrogens is 1. The second-order valence-corrected chi connectivity index (χ2v) is 4.48. The summed E-state index contributed by atoms with van der Waals surface area (Å²) >= 11 is 0. The summed E-state index contributed by atoms with van der Waals surface area (Å²) in [7, 11) is 5.53. The monoisotopic (exact) mass is 242 g/mol. The Bertz CT molecular complexity index is 258. The molecule has 1 unspecified atom stereocenters. The molecule has 0 spiro atoms. The van der Waals surface area contributed by atoms with Crippen LogP contribution in [0.2, 0.25) is 0 Å². The van der Waals surface area contributed by atoms with Gasteiger partial charge in [0.15, 0.2) is 6.04 Å². The average molecular weight is 242 g/mol. The number of likely N-dealkylation sites (N-methyl/N-ethyl adjacent to an activating group) is 1. The Morgan fingerprint density at radius 2 is 1.65 bits per heavy atom. The summed E-state index contributed by atoms with van der Waals surface area (Å²) in [5.41, 5.74) is 0. The van der Waals surface area contributed by atoms with Crippen LogP contribution in [-0.2, 0) is 19.1 Å². The van der Waals surface area contributed by atoms with Gasteiger partial charge in [0.05, 0.1) is 40.8 Å². The van der Waals surface area contributed by atoms with Gasteiger partial charge in [0.2, 0.25) is 0 Å². The van der Waals surface area contributed by atoms with Crippen LogP contribution in [0, 0.1) is 13.8 Å². The molecule has 0 amide bonds. The molecular weight excluding hydrogens is 222 g/mol. The standard InChI is InChI=1S/C12H20NO4/c1-6-16-11(14)9-8-10(13(3,4)5)12(15)17-7-2/h1-2,10H,6-9H2,3-5H3/q+1. The molecule has 0 saturated carbocycles. The van der Waals surface area contributed by atoms with Crippen LogP contribution >= 0.6 is 0 Å². The smallest absolute Gasteiger partial charge is 0.364 e.